The Labute approximate surface area is 118 Å². The van der Waals surface area contributed by atoms with Crippen molar-refractivity contribution >= 4 is 0 Å². The number of aromatic nitrogens is 3. The van der Waals surface area contributed by atoms with Gasteiger partial charge < -0.3 is 14.9 Å². The van der Waals surface area contributed by atoms with E-state index in [1.54, 1.807) is 0 Å². The van der Waals surface area contributed by atoms with Gasteiger partial charge in [-0.15, -0.1) is 5.92 Å². The molecule has 1 aromatic heterocycles. The molecule has 3 N–H and O–H groups in total. The standard InChI is InChI=1S/C12H14FN3O5/c1-3-4-12(13)9(19)8(6(2)17)21-10(12)16-11(20)15-7(18)5-14-16/h5-6,8-10,17,19H,1-2H3,(H,15,18,20)/t6-,8-,9+,10-,12?/m1/s1. The maximum Gasteiger partial charge on any atom is 0.347 e. The van der Waals surface area contributed by atoms with Crippen molar-refractivity contribution < 1.29 is 19.3 Å². The number of halogens is 1. The maximum absolute atomic E-state index is 15.0. The highest BCUT2D eigenvalue weighted by Crippen LogP contribution is 2.41. The van der Waals surface area contributed by atoms with Crippen molar-refractivity contribution in [2.45, 2.75) is 44.1 Å². The third-order valence-corrected chi connectivity index (χ3v) is 3.14. The lowest BCUT2D eigenvalue weighted by atomic mass is 9.94. The molecule has 0 saturated carbocycles. The number of hydrogen-bond acceptors (Lipinski definition) is 6. The molecule has 5 atom stereocenters. The van der Waals surface area contributed by atoms with Gasteiger partial charge in [-0.1, -0.05) is 5.92 Å². The monoisotopic (exact) mass is 299 g/mol. The summed E-state index contributed by atoms with van der Waals surface area (Å²) in [7, 11) is 0. The SMILES string of the molecule is CC#CC1(F)[C@@H](O)[C@@H]([C@@H](C)O)O[C@H]1n1ncc(=O)[nH]c1=O. The largest absolute Gasteiger partial charge is 0.391 e. The van der Waals surface area contributed by atoms with E-state index in [4.69, 9.17) is 4.74 Å². The average molecular weight is 299 g/mol. The number of aromatic amines is 1. The van der Waals surface area contributed by atoms with E-state index >= 15 is 0 Å². The van der Waals surface area contributed by atoms with E-state index in [-0.39, 0.29) is 0 Å². The van der Waals surface area contributed by atoms with Gasteiger partial charge >= 0.3 is 5.69 Å². The van der Waals surface area contributed by atoms with E-state index in [1.807, 2.05) is 4.98 Å². The van der Waals surface area contributed by atoms with Gasteiger partial charge in [-0.3, -0.25) is 9.78 Å². The van der Waals surface area contributed by atoms with Crippen molar-refractivity contribution in [1.82, 2.24) is 14.8 Å². The summed E-state index contributed by atoms with van der Waals surface area (Å²) in [5.74, 6) is 4.46. The number of aliphatic hydroxyl groups excluding tert-OH is 2. The number of nitrogens with one attached hydrogen (secondary N) is 1. The van der Waals surface area contributed by atoms with Crippen LogP contribution in [0.1, 0.15) is 20.1 Å². The van der Waals surface area contributed by atoms with Gasteiger partial charge in [0.05, 0.1) is 6.10 Å². The number of ether oxygens (including phenoxy) is 1. The number of alkyl halides is 1. The van der Waals surface area contributed by atoms with E-state index in [2.05, 4.69) is 16.9 Å². The van der Waals surface area contributed by atoms with Crippen LogP contribution in [0.2, 0.25) is 0 Å². The smallest absolute Gasteiger partial charge is 0.347 e. The fourth-order valence-electron chi connectivity index (χ4n) is 2.18. The Morgan fingerprint density at radius 1 is 1.62 bits per heavy atom. The van der Waals surface area contributed by atoms with E-state index in [0.29, 0.717) is 4.68 Å². The van der Waals surface area contributed by atoms with Gasteiger partial charge in [0.15, 0.2) is 0 Å². The quantitative estimate of drug-likeness (QED) is 0.560. The lowest BCUT2D eigenvalue weighted by Gasteiger charge is -2.23. The molecule has 1 aliphatic heterocycles. The first-order valence-corrected chi connectivity index (χ1v) is 6.14. The summed E-state index contributed by atoms with van der Waals surface area (Å²) in [6.45, 7) is 2.66. The number of rotatable bonds is 2. The highest BCUT2D eigenvalue weighted by molar-refractivity contribution is 5.22. The van der Waals surface area contributed by atoms with Gasteiger partial charge in [-0.25, -0.2) is 9.18 Å². The van der Waals surface area contributed by atoms with Crippen LogP contribution in [0, 0.1) is 11.8 Å². The number of nitrogens with zero attached hydrogens (tertiary/aromatic N) is 2. The van der Waals surface area contributed by atoms with Crippen LogP contribution in [0.3, 0.4) is 0 Å². The van der Waals surface area contributed by atoms with Gasteiger partial charge in [0.25, 0.3) is 5.56 Å². The summed E-state index contributed by atoms with van der Waals surface area (Å²) in [6, 6.07) is 0. The molecule has 0 aliphatic carbocycles. The fraction of sp³-hybridized carbons (Fsp3) is 0.583. The van der Waals surface area contributed by atoms with Crippen molar-refractivity contribution in [3.63, 3.8) is 0 Å². The summed E-state index contributed by atoms with van der Waals surface area (Å²) < 4.78 is 20.7. The Bertz CT molecular complexity index is 703. The van der Waals surface area contributed by atoms with Crippen LogP contribution in [0.4, 0.5) is 4.39 Å². The Balaban J connectivity index is 2.56. The van der Waals surface area contributed by atoms with E-state index in [0.717, 1.165) is 6.20 Å². The molecule has 0 spiro atoms. The molecular formula is C12H14FN3O5. The van der Waals surface area contributed by atoms with Gasteiger partial charge in [0.1, 0.15) is 18.4 Å². The van der Waals surface area contributed by atoms with Crippen LogP contribution < -0.4 is 11.2 Å². The van der Waals surface area contributed by atoms with Crippen LogP contribution >= 0.6 is 0 Å². The van der Waals surface area contributed by atoms with Crippen molar-refractivity contribution in [3.05, 3.63) is 27.0 Å². The average Bonchev–Trinajstić information content (AvgIpc) is 2.64. The summed E-state index contributed by atoms with van der Waals surface area (Å²) in [5, 5.41) is 23.0. The highest BCUT2D eigenvalue weighted by Gasteiger charge is 2.59. The minimum Gasteiger partial charge on any atom is -0.391 e. The van der Waals surface area contributed by atoms with Crippen LogP contribution in [0.15, 0.2) is 15.8 Å². The maximum atomic E-state index is 15.0. The second kappa shape index (κ2) is 5.40. The summed E-state index contributed by atoms with van der Waals surface area (Å²) >= 11 is 0. The molecule has 2 rings (SSSR count). The summed E-state index contributed by atoms with van der Waals surface area (Å²) in [5.41, 5.74) is -4.41. The van der Waals surface area contributed by atoms with Crippen LogP contribution in [0.25, 0.3) is 0 Å². The van der Waals surface area contributed by atoms with Crippen LogP contribution in [-0.4, -0.2) is 49.0 Å². The molecule has 1 unspecified atom stereocenters. The van der Waals surface area contributed by atoms with Gasteiger partial charge in [-0.05, 0) is 13.8 Å². The molecule has 0 amide bonds. The Morgan fingerprint density at radius 3 is 2.81 bits per heavy atom. The zero-order chi connectivity index (χ0) is 15.8. The fourth-order valence-corrected chi connectivity index (χ4v) is 2.18. The molecule has 1 aromatic rings. The molecular weight excluding hydrogens is 285 g/mol. The summed E-state index contributed by atoms with van der Waals surface area (Å²) in [4.78, 5) is 24.6. The molecule has 114 valence electrons. The van der Waals surface area contributed by atoms with Crippen LogP contribution in [-0.2, 0) is 4.74 Å². The lowest BCUT2D eigenvalue weighted by molar-refractivity contribution is -0.0850. The van der Waals surface area contributed by atoms with Crippen molar-refractivity contribution in [2.75, 3.05) is 0 Å². The molecule has 1 fully saturated rings. The Kier molecular flexibility index (Phi) is 3.95. The zero-order valence-electron chi connectivity index (χ0n) is 11.3. The van der Waals surface area contributed by atoms with E-state index < -0.39 is 41.5 Å². The zero-order valence-corrected chi connectivity index (χ0v) is 11.3. The van der Waals surface area contributed by atoms with Crippen molar-refractivity contribution in [1.29, 1.82) is 0 Å². The Morgan fingerprint density at radius 2 is 2.29 bits per heavy atom. The predicted octanol–water partition coefficient (Wildman–Crippen LogP) is -1.70. The predicted molar refractivity (Wildman–Crippen MR) is 68.0 cm³/mol. The molecule has 0 bridgehead atoms. The molecule has 0 radical (unpaired) electrons. The second-order valence-electron chi connectivity index (χ2n) is 4.67. The first-order valence-electron chi connectivity index (χ1n) is 6.14. The molecule has 1 aliphatic rings. The van der Waals surface area contributed by atoms with Gasteiger partial charge in [-0.2, -0.15) is 9.78 Å². The summed E-state index contributed by atoms with van der Waals surface area (Å²) in [6.07, 6.45) is -5.19. The van der Waals surface area contributed by atoms with Crippen molar-refractivity contribution in [2.24, 2.45) is 0 Å². The van der Waals surface area contributed by atoms with Crippen molar-refractivity contribution in [3.8, 4) is 11.8 Å². The molecule has 21 heavy (non-hydrogen) atoms. The lowest BCUT2D eigenvalue weighted by Crippen LogP contribution is -2.46. The third kappa shape index (κ3) is 2.49. The molecule has 1 saturated heterocycles. The normalized spacial score (nSPS) is 33.3. The Hall–Kier alpha value is -2.02. The van der Waals surface area contributed by atoms with E-state index in [1.165, 1.54) is 13.8 Å². The first kappa shape index (κ1) is 15.4. The van der Waals surface area contributed by atoms with E-state index in [9.17, 15) is 24.2 Å². The number of hydrogen-bond donors (Lipinski definition) is 3. The molecule has 2 heterocycles. The third-order valence-electron chi connectivity index (χ3n) is 3.14. The van der Waals surface area contributed by atoms with Gasteiger partial charge in [0.2, 0.25) is 11.9 Å². The van der Waals surface area contributed by atoms with Gasteiger partial charge in [0, 0.05) is 0 Å². The number of aliphatic hydroxyl groups is 2. The molecule has 0 aromatic carbocycles. The minimum absolute atomic E-state index is 0.539. The number of H-pyrrole nitrogens is 1. The first-order chi connectivity index (χ1) is 9.81. The molecule has 8 nitrogen and oxygen atoms in total. The molecule has 9 heteroatoms. The van der Waals surface area contributed by atoms with Crippen LogP contribution in [0.5, 0.6) is 0 Å². The minimum atomic E-state index is -2.65. The highest BCUT2D eigenvalue weighted by atomic mass is 19.1. The second-order valence-corrected chi connectivity index (χ2v) is 4.67. The topological polar surface area (TPSA) is 117 Å².